The van der Waals surface area contributed by atoms with E-state index in [0.29, 0.717) is 12.0 Å². The molecule has 2 aromatic rings. The van der Waals surface area contributed by atoms with Crippen LogP contribution in [0.3, 0.4) is 0 Å². The normalized spacial score (nSPS) is 20.8. The van der Waals surface area contributed by atoms with Crippen molar-refractivity contribution in [2.75, 3.05) is 24.5 Å². The molecular weight excluding hydrogens is 386 g/mol. The van der Waals surface area contributed by atoms with Crippen molar-refractivity contribution in [2.24, 2.45) is 0 Å². The van der Waals surface area contributed by atoms with E-state index in [9.17, 15) is 4.79 Å². The van der Waals surface area contributed by atoms with Gasteiger partial charge in [-0.05, 0) is 77.1 Å². The maximum absolute atomic E-state index is 12.8. The van der Waals surface area contributed by atoms with Gasteiger partial charge in [0.1, 0.15) is 5.60 Å². The molecule has 1 fully saturated rings. The van der Waals surface area contributed by atoms with Gasteiger partial charge >= 0.3 is 6.09 Å². The molecule has 31 heavy (non-hydrogen) atoms. The second-order valence-electron chi connectivity index (χ2n) is 10.1. The average molecular weight is 422 g/mol. The van der Waals surface area contributed by atoms with Crippen LogP contribution in [0.1, 0.15) is 61.9 Å². The highest BCUT2D eigenvalue weighted by molar-refractivity contribution is 5.69. The zero-order valence-corrected chi connectivity index (χ0v) is 19.5. The number of carbonyl (C=O) groups is 1. The van der Waals surface area contributed by atoms with Gasteiger partial charge in [0.25, 0.3) is 0 Å². The van der Waals surface area contributed by atoms with Gasteiger partial charge in [-0.15, -0.1) is 0 Å². The van der Waals surface area contributed by atoms with Gasteiger partial charge in [-0.25, -0.2) is 4.79 Å². The second kappa shape index (κ2) is 8.52. The number of hydrogen-bond acceptors (Lipinski definition) is 4. The number of pyridine rings is 1. The molecule has 0 N–H and O–H groups in total. The number of amides is 1. The van der Waals surface area contributed by atoms with Crippen molar-refractivity contribution >= 4 is 11.8 Å². The predicted molar refractivity (Wildman–Crippen MR) is 125 cm³/mol. The zero-order chi connectivity index (χ0) is 22.2. The summed E-state index contributed by atoms with van der Waals surface area (Å²) in [6.07, 6.45) is 4.86. The minimum atomic E-state index is -0.471. The van der Waals surface area contributed by atoms with Crippen molar-refractivity contribution in [2.45, 2.75) is 71.4 Å². The van der Waals surface area contributed by atoms with Crippen molar-refractivity contribution in [3.8, 4) is 0 Å². The Bertz CT molecular complexity index is 933. The number of carbonyl (C=O) groups excluding carboxylic acids is 1. The Morgan fingerprint density at radius 2 is 2.00 bits per heavy atom. The molecule has 0 radical (unpaired) electrons. The van der Waals surface area contributed by atoms with Crippen molar-refractivity contribution < 1.29 is 9.53 Å². The molecule has 166 valence electrons. The van der Waals surface area contributed by atoms with E-state index >= 15 is 0 Å². The number of hydrogen-bond donors (Lipinski definition) is 0. The molecular formula is C26H35N3O2. The highest BCUT2D eigenvalue weighted by atomic mass is 16.6. The first kappa shape index (κ1) is 21.7. The summed E-state index contributed by atoms with van der Waals surface area (Å²) in [7, 11) is 0. The average Bonchev–Trinajstić information content (AvgIpc) is 2.84. The molecule has 4 rings (SSSR count). The molecule has 0 spiro atoms. The van der Waals surface area contributed by atoms with E-state index in [2.05, 4.69) is 47.1 Å². The van der Waals surface area contributed by atoms with Crippen LogP contribution in [0.5, 0.6) is 0 Å². The van der Waals surface area contributed by atoms with Crippen LogP contribution in [0.4, 0.5) is 10.5 Å². The molecule has 2 aliphatic rings. The summed E-state index contributed by atoms with van der Waals surface area (Å²) in [6.45, 7) is 12.4. The molecule has 0 saturated carbocycles. The smallest absolute Gasteiger partial charge is 0.410 e. The number of aryl methyl sites for hydroxylation is 2. The van der Waals surface area contributed by atoms with Crippen LogP contribution in [0, 0.1) is 13.8 Å². The third-order valence-electron chi connectivity index (χ3n) is 6.37. The molecule has 0 bridgehead atoms. The quantitative estimate of drug-likeness (QED) is 0.679. The molecule has 1 aromatic carbocycles. The summed E-state index contributed by atoms with van der Waals surface area (Å²) in [4.78, 5) is 21.8. The number of ether oxygens (including phenoxy) is 1. The van der Waals surface area contributed by atoms with Crippen molar-refractivity contribution in [3.63, 3.8) is 0 Å². The Balaban J connectivity index is 1.57. The number of fused-ring (bicyclic) bond motifs is 3. The van der Waals surface area contributed by atoms with Crippen LogP contribution >= 0.6 is 0 Å². The first-order chi connectivity index (χ1) is 14.7. The number of anilines is 1. The highest BCUT2D eigenvalue weighted by Gasteiger charge is 2.41. The van der Waals surface area contributed by atoms with E-state index in [0.717, 1.165) is 44.6 Å². The van der Waals surface area contributed by atoms with E-state index in [1.807, 2.05) is 38.8 Å². The van der Waals surface area contributed by atoms with Gasteiger partial charge in [0, 0.05) is 49.2 Å². The van der Waals surface area contributed by atoms with Gasteiger partial charge < -0.3 is 14.5 Å². The van der Waals surface area contributed by atoms with Crippen LogP contribution < -0.4 is 4.90 Å². The SMILES string of the molecule is Cc1ccc2c(c1)[C@@H]1CN(C(=O)OC(C)(C)C)CCC[C@@H]1N2CCc1ccc(C)nc1. The van der Waals surface area contributed by atoms with E-state index in [4.69, 9.17) is 4.74 Å². The molecule has 1 amide bonds. The summed E-state index contributed by atoms with van der Waals surface area (Å²) < 4.78 is 5.70. The molecule has 2 atom stereocenters. The summed E-state index contributed by atoms with van der Waals surface area (Å²) >= 11 is 0. The second-order valence-corrected chi connectivity index (χ2v) is 10.1. The summed E-state index contributed by atoms with van der Waals surface area (Å²) in [6, 6.07) is 11.5. The molecule has 0 unspecified atom stereocenters. The lowest BCUT2D eigenvalue weighted by molar-refractivity contribution is 0.0248. The molecule has 3 heterocycles. The Morgan fingerprint density at radius 3 is 2.71 bits per heavy atom. The van der Waals surface area contributed by atoms with Crippen molar-refractivity contribution in [3.05, 3.63) is 58.9 Å². The summed E-state index contributed by atoms with van der Waals surface area (Å²) in [5.74, 6) is 0.320. The van der Waals surface area contributed by atoms with Gasteiger partial charge in [-0.2, -0.15) is 0 Å². The number of rotatable bonds is 3. The summed E-state index contributed by atoms with van der Waals surface area (Å²) in [5, 5.41) is 0. The maximum Gasteiger partial charge on any atom is 0.410 e. The molecule has 1 aromatic heterocycles. The topological polar surface area (TPSA) is 45.7 Å². The Kier molecular flexibility index (Phi) is 5.96. The lowest BCUT2D eigenvalue weighted by Crippen LogP contribution is -2.40. The lowest BCUT2D eigenvalue weighted by atomic mass is 9.92. The summed E-state index contributed by atoms with van der Waals surface area (Å²) in [5.41, 5.74) is 5.83. The zero-order valence-electron chi connectivity index (χ0n) is 19.5. The van der Waals surface area contributed by atoms with Gasteiger partial charge in [0.15, 0.2) is 0 Å². The maximum atomic E-state index is 12.8. The van der Waals surface area contributed by atoms with Gasteiger partial charge in [0.2, 0.25) is 0 Å². The first-order valence-corrected chi connectivity index (χ1v) is 11.5. The van der Waals surface area contributed by atoms with Crippen LogP contribution in [0.2, 0.25) is 0 Å². The largest absolute Gasteiger partial charge is 0.444 e. The third-order valence-corrected chi connectivity index (χ3v) is 6.37. The van der Waals surface area contributed by atoms with E-state index in [1.165, 1.54) is 22.4 Å². The lowest BCUT2D eigenvalue weighted by Gasteiger charge is -2.30. The van der Waals surface area contributed by atoms with Crippen LogP contribution in [-0.4, -0.2) is 47.3 Å². The first-order valence-electron chi connectivity index (χ1n) is 11.5. The fraction of sp³-hybridized carbons (Fsp3) is 0.538. The fourth-order valence-electron chi connectivity index (χ4n) is 4.91. The number of nitrogens with zero attached hydrogens (tertiary/aromatic N) is 3. The fourth-order valence-corrected chi connectivity index (χ4v) is 4.91. The van der Waals surface area contributed by atoms with Crippen LogP contribution in [-0.2, 0) is 11.2 Å². The Hall–Kier alpha value is -2.56. The predicted octanol–water partition coefficient (Wildman–Crippen LogP) is 5.24. The van der Waals surface area contributed by atoms with E-state index < -0.39 is 5.60 Å². The minimum Gasteiger partial charge on any atom is -0.444 e. The Labute approximate surface area is 186 Å². The number of benzene rings is 1. The molecule has 1 saturated heterocycles. The minimum absolute atomic E-state index is 0.188. The van der Waals surface area contributed by atoms with Gasteiger partial charge in [-0.1, -0.05) is 23.8 Å². The van der Waals surface area contributed by atoms with Crippen molar-refractivity contribution in [1.82, 2.24) is 9.88 Å². The molecule has 5 nitrogen and oxygen atoms in total. The Morgan fingerprint density at radius 1 is 1.19 bits per heavy atom. The van der Waals surface area contributed by atoms with E-state index in [-0.39, 0.29) is 6.09 Å². The molecule has 5 heteroatoms. The number of likely N-dealkylation sites (tertiary alicyclic amines) is 1. The number of aromatic nitrogens is 1. The van der Waals surface area contributed by atoms with Crippen LogP contribution in [0.15, 0.2) is 36.5 Å². The van der Waals surface area contributed by atoms with Crippen molar-refractivity contribution in [1.29, 1.82) is 0 Å². The van der Waals surface area contributed by atoms with Crippen LogP contribution in [0.25, 0.3) is 0 Å². The molecule has 2 aliphatic heterocycles. The third kappa shape index (κ3) is 4.86. The monoisotopic (exact) mass is 421 g/mol. The van der Waals surface area contributed by atoms with Gasteiger partial charge in [0.05, 0.1) is 0 Å². The highest BCUT2D eigenvalue weighted by Crippen LogP contribution is 2.45. The van der Waals surface area contributed by atoms with Gasteiger partial charge in [-0.3, -0.25) is 4.98 Å². The van der Waals surface area contributed by atoms with E-state index in [1.54, 1.807) is 0 Å². The molecule has 0 aliphatic carbocycles. The standard InChI is InChI=1S/C26H35N3O2/c1-18-8-11-24-21(15-18)22-17-28(25(30)31-26(3,4)5)13-6-7-23(22)29(24)14-12-20-10-9-19(2)27-16-20/h8-11,15-16,22-23H,6-7,12-14,17H2,1-5H3/t22-,23-/m0/s1.